The number of hydrogen-bond acceptors (Lipinski definition) is 2. The van der Waals surface area contributed by atoms with E-state index in [-0.39, 0.29) is 0 Å². The van der Waals surface area contributed by atoms with Gasteiger partial charge in [0.05, 0.1) is 6.54 Å². The SMILES string of the molecule is CCCc1ccc2oc(CNC(C)C)c(CCC)c2c1. The first kappa shape index (κ1) is 15.1. The first-order chi connectivity index (χ1) is 9.65. The van der Waals surface area contributed by atoms with Gasteiger partial charge in [-0.15, -0.1) is 0 Å². The maximum Gasteiger partial charge on any atom is 0.134 e. The summed E-state index contributed by atoms with van der Waals surface area (Å²) in [6.45, 7) is 9.62. The van der Waals surface area contributed by atoms with E-state index in [4.69, 9.17) is 4.42 Å². The molecule has 1 N–H and O–H groups in total. The first-order valence-electron chi connectivity index (χ1n) is 7.92. The summed E-state index contributed by atoms with van der Waals surface area (Å²) in [5.41, 5.74) is 3.85. The molecule has 0 saturated carbocycles. The van der Waals surface area contributed by atoms with Crippen molar-refractivity contribution >= 4 is 11.0 Å². The third-order valence-corrected chi connectivity index (χ3v) is 3.65. The minimum absolute atomic E-state index is 0.480. The van der Waals surface area contributed by atoms with Crippen LogP contribution in [0.25, 0.3) is 11.0 Å². The molecule has 0 atom stereocenters. The van der Waals surface area contributed by atoms with Crippen LogP contribution in [-0.4, -0.2) is 6.04 Å². The Morgan fingerprint density at radius 1 is 1.10 bits per heavy atom. The summed E-state index contributed by atoms with van der Waals surface area (Å²) in [6, 6.07) is 7.14. The molecule has 110 valence electrons. The fourth-order valence-electron chi connectivity index (χ4n) is 2.65. The molecule has 20 heavy (non-hydrogen) atoms. The number of aryl methyl sites for hydroxylation is 2. The van der Waals surface area contributed by atoms with Crippen LogP contribution >= 0.6 is 0 Å². The lowest BCUT2D eigenvalue weighted by molar-refractivity contribution is 0.483. The van der Waals surface area contributed by atoms with Gasteiger partial charge in [-0.1, -0.05) is 46.6 Å². The molecular weight excluding hydrogens is 246 g/mol. The van der Waals surface area contributed by atoms with E-state index in [0.29, 0.717) is 6.04 Å². The Morgan fingerprint density at radius 2 is 1.85 bits per heavy atom. The zero-order valence-electron chi connectivity index (χ0n) is 13.3. The van der Waals surface area contributed by atoms with Crippen molar-refractivity contribution in [2.24, 2.45) is 0 Å². The van der Waals surface area contributed by atoms with Gasteiger partial charge in [-0.05, 0) is 30.5 Å². The van der Waals surface area contributed by atoms with E-state index in [0.717, 1.165) is 37.2 Å². The van der Waals surface area contributed by atoms with Crippen LogP contribution in [0.1, 0.15) is 57.4 Å². The average molecular weight is 273 g/mol. The molecule has 2 nitrogen and oxygen atoms in total. The lowest BCUT2D eigenvalue weighted by atomic mass is 10.0. The molecule has 0 aliphatic rings. The van der Waals surface area contributed by atoms with Crippen LogP contribution in [0.3, 0.4) is 0 Å². The fraction of sp³-hybridized carbons (Fsp3) is 0.556. The van der Waals surface area contributed by atoms with Crippen LogP contribution in [0.5, 0.6) is 0 Å². The van der Waals surface area contributed by atoms with Crippen molar-refractivity contribution in [3.8, 4) is 0 Å². The molecule has 2 heteroatoms. The Balaban J connectivity index is 2.38. The molecule has 0 spiro atoms. The quantitative estimate of drug-likeness (QED) is 0.781. The number of rotatable bonds is 7. The van der Waals surface area contributed by atoms with Gasteiger partial charge in [-0.3, -0.25) is 0 Å². The minimum atomic E-state index is 0.480. The van der Waals surface area contributed by atoms with Crippen LogP contribution in [0, 0.1) is 0 Å². The molecule has 0 aliphatic heterocycles. The molecule has 0 unspecified atom stereocenters. The maximum atomic E-state index is 6.07. The molecule has 2 aromatic rings. The third kappa shape index (κ3) is 3.43. The number of furan rings is 1. The van der Waals surface area contributed by atoms with Crippen LogP contribution < -0.4 is 5.32 Å². The number of nitrogens with one attached hydrogen (secondary N) is 1. The van der Waals surface area contributed by atoms with Gasteiger partial charge < -0.3 is 9.73 Å². The zero-order chi connectivity index (χ0) is 14.5. The van der Waals surface area contributed by atoms with Crippen LogP contribution in [0.4, 0.5) is 0 Å². The molecule has 0 fully saturated rings. The summed E-state index contributed by atoms with van der Waals surface area (Å²) < 4.78 is 6.07. The van der Waals surface area contributed by atoms with Gasteiger partial charge in [-0.2, -0.15) is 0 Å². The summed E-state index contributed by atoms with van der Waals surface area (Å²) in [7, 11) is 0. The second-order valence-corrected chi connectivity index (χ2v) is 5.87. The number of benzene rings is 1. The standard InChI is InChI=1S/C18H27NO/c1-5-7-14-9-10-17-16(11-14)15(8-6-2)18(20-17)12-19-13(3)4/h9-11,13,19H,5-8,12H2,1-4H3. The molecule has 2 rings (SSSR count). The Morgan fingerprint density at radius 3 is 2.50 bits per heavy atom. The molecule has 0 amide bonds. The second kappa shape index (κ2) is 6.94. The van der Waals surface area contributed by atoms with Crippen molar-refractivity contribution in [3.05, 3.63) is 35.1 Å². The Kier molecular flexibility index (Phi) is 5.24. The molecule has 1 aromatic heterocycles. The van der Waals surface area contributed by atoms with Gasteiger partial charge in [0.2, 0.25) is 0 Å². The van der Waals surface area contributed by atoms with Crippen LogP contribution in [0.15, 0.2) is 22.6 Å². The maximum absolute atomic E-state index is 6.07. The normalized spacial score (nSPS) is 11.7. The smallest absolute Gasteiger partial charge is 0.134 e. The van der Waals surface area contributed by atoms with Crippen molar-refractivity contribution in [1.82, 2.24) is 5.32 Å². The fourth-order valence-corrected chi connectivity index (χ4v) is 2.65. The predicted molar refractivity (Wildman–Crippen MR) is 86.2 cm³/mol. The summed E-state index contributed by atoms with van der Waals surface area (Å²) in [5, 5.41) is 4.79. The lowest BCUT2D eigenvalue weighted by Crippen LogP contribution is -2.22. The average Bonchev–Trinajstić information content (AvgIpc) is 2.75. The third-order valence-electron chi connectivity index (χ3n) is 3.65. The van der Waals surface area contributed by atoms with Crippen molar-refractivity contribution in [2.75, 3.05) is 0 Å². The molecular formula is C18H27NO. The predicted octanol–water partition coefficient (Wildman–Crippen LogP) is 4.84. The van der Waals surface area contributed by atoms with E-state index in [2.05, 4.69) is 51.2 Å². The molecule has 1 aromatic carbocycles. The van der Waals surface area contributed by atoms with Gasteiger partial charge in [0.25, 0.3) is 0 Å². The highest BCUT2D eigenvalue weighted by Gasteiger charge is 2.14. The molecule has 0 saturated heterocycles. The Bertz CT molecular complexity index is 554. The lowest BCUT2D eigenvalue weighted by Gasteiger charge is -2.07. The molecule has 0 bridgehead atoms. The second-order valence-electron chi connectivity index (χ2n) is 5.87. The minimum Gasteiger partial charge on any atom is -0.459 e. The largest absolute Gasteiger partial charge is 0.459 e. The highest BCUT2D eigenvalue weighted by atomic mass is 16.3. The van der Waals surface area contributed by atoms with Gasteiger partial charge in [0.1, 0.15) is 11.3 Å². The number of fused-ring (bicyclic) bond motifs is 1. The summed E-state index contributed by atoms with van der Waals surface area (Å²) >= 11 is 0. The molecule has 0 radical (unpaired) electrons. The van der Waals surface area contributed by atoms with Crippen molar-refractivity contribution in [1.29, 1.82) is 0 Å². The van der Waals surface area contributed by atoms with E-state index in [1.165, 1.54) is 22.9 Å². The molecule has 1 heterocycles. The molecule has 0 aliphatic carbocycles. The van der Waals surface area contributed by atoms with Crippen LogP contribution in [-0.2, 0) is 19.4 Å². The van der Waals surface area contributed by atoms with E-state index < -0.39 is 0 Å². The first-order valence-corrected chi connectivity index (χ1v) is 7.92. The summed E-state index contributed by atoms with van der Waals surface area (Å²) in [4.78, 5) is 0. The van der Waals surface area contributed by atoms with Crippen molar-refractivity contribution in [2.45, 2.75) is 66.0 Å². The van der Waals surface area contributed by atoms with E-state index in [1.807, 2.05) is 0 Å². The van der Waals surface area contributed by atoms with E-state index >= 15 is 0 Å². The van der Waals surface area contributed by atoms with Gasteiger partial charge >= 0.3 is 0 Å². The Hall–Kier alpha value is -1.28. The monoisotopic (exact) mass is 273 g/mol. The summed E-state index contributed by atoms with van der Waals surface area (Å²) in [5.74, 6) is 1.11. The summed E-state index contributed by atoms with van der Waals surface area (Å²) in [6.07, 6.45) is 4.58. The zero-order valence-corrected chi connectivity index (χ0v) is 13.3. The van der Waals surface area contributed by atoms with Gasteiger partial charge in [0, 0.05) is 17.0 Å². The van der Waals surface area contributed by atoms with Gasteiger partial charge in [0.15, 0.2) is 0 Å². The highest BCUT2D eigenvalue weighted by Crippen LogP contribution is 2.28. The Labute approximate surface area is 122 Å². The topological polar surface area (TPSA) is 25.2 Å². The van der Waals surface area contributed by atoms with E-state index in [1.54, 1.807) is 0 Å². The van der Waals surface area contributed by atoms with Crippen molar-refractivity contribution in [3.63, 3.8) is 0 Å². The number of hydrogen-bond donors (Lipinski definition) is 1. The van der Waals surface area contributed by atoms with Crippen LogP contribution in [0.2, 0.25) is 0 Å². The van der Waals surface area contributed by atoms with Crippen molar-refractivity contribution < 1.29 is 4.42 Å². The van der Waals surface area contributed by atoms with E-state index in [9.17, 15) is 0 Å². The van der Waals surface area contributed by atoms with Gasteiger partial charge in [-0.25, -0.2) is 0 Å². The highest BCUT2D eigenvalue weighted by molar-refractivity contribution is 5.83.